The molecule has 0 bridgehead atoms. The fourth-order valence-corrected chi connectivity index (χ4v) is 16.7. The van der Waals surface area contributed by atoms with Gasteiger partial charge in [0.1, 0.15) is 41.7 Å². The molecule has 0 fully saturated rings. The minimum Gasteiger partial charge on any atom is -0.748 e. The highest BCUT2D eigenvalue weighted by molar-refractivity contribution is 7.86. The van der Waals surface area contributed by atoms with E-state index in [2.05, 4.69) is 94.9 Å². The van der Waals surface area contributed by atoms with Gasteiger partial charge < -0.3 is 55.9 Å². The zero-order valence-electron chi connectivity index (χ0n) is 72.7. The summed E-state index contributed by atoms with van der Waals surface area (Å²) in [5, 5.41) is 49.2. The van der Waals surface area contributed by atoms with Crippen LogP contribution in [0.2, 0.25) is 0 Å². The molecule has 35 nitrogen and oxygen atoms in total. The highest BCUT2D eigenvalue weighted by atomic mass is 32.2. The maximum atomic E-state index is 14.7. The number of anilines is 1. The number of urea groups is 1. The Labute approximate surface area is 758 Å². The number of Topliss-reactive ketones (excluding diaryl/α,β-unsaturated/α-hetero) is 3. The van der Waals surface area contributed by atoms with Gasteiger partial charge in [0.2, 0.25) is 17.5 Å². The van der Waals surface area contributed by atoms with E-state index in [-0.39, 0.29) is 101 Å². The van der Waals surface area contributed by atoms with Gasteiger partial charge in [-0.1, -0.05) is 155 Å². The molecule has 704 valence electrons. The molecule has 2 heterocycles. The first-order chi connectivity index (χ1) is 61.4. The maximum Gasteiger partial charge on any atom is 0.425 e. The van der Waals surface area contributed by atoms with Crippen LogP contribution >= 0.6 is 0 Å². The molecule has 4 amide bonds. The molecule has 0 radical (unpaired) electrons. The van der Waals surface area contributed by atoms with Gasteiger partial charge in [0.05, 0.1) is 33.2 Å². The van der Waals surface area contributed by atoms with Crippen LogP contribution in [0.15, 0.2) is 180 Å². The van der Waals surface area contributed by atoms with Crippen molar-refractivity contribution in [3.63, 3.8) is 0 Å². The molecular weight excluding hydrogens is 1770 g/mol. The van der Waals surface area contributed by atoms with Crippen LogP contribution < -0.4 is 30.9 Å². The van der Waals surface area contributed by atoms with Crippen LogP contribution in [-0.2, 0) is 124 Å². The van der Waals surface area contributed by atoms with Crippen molar-refractivity contribution in [2.75, 3.05) is 36.0 Å². The highest BCUT2D eigenvalue weighted by Crippen LogP contribution is 2.48. The molecule has 0 spiro atoms. The minimum absolute atomic E-state index is 0.0323. The molecule has 0 unspecified atom stereocenters. The second-order valence-corrected chi connectivity index (χ2v) is 36.3. The summed E-state index contributed by atoms with van der Waals surface area (Å²) in [6.45, 7) is 9.45. The van der Waals surface area contributed by atoms with E-state index in [4.69, 9.17) is 44.7 Å². The first-order valence-corrected chi connectivity index (χ1v) is 47.4. The van der Waals surface area contributed by atoms with Crippen LogP contribution in [0.25, 0.3) is 0 Å². The van der Waals surface area contributed by atoms with Crippen molar-refractivity contribution in [2.24, 2.45) is 11.8 Å². The number of ether oxygens (including phenoxy) is 1. The summed E-state index contributed by atoms with van der Waals surface area (Å²) in [7, 11) is -14.8. The van der Waals surface area contributed by atoms with E-state index in [1.807, 2.05) is 60.7 Å². The van der Waals surface area contributed by atoms with Crippen molar-refractivity contribution >= 4 is 124 Å². The SMILES string of the molecule is CC1(C)C(=CC=C2CCCC(C=CC3=[N+](CCCCS(=O)(=O)O)c4ccccc4C3(C)C)=C2Oc2ccc(C[C@H](NC(=O)[C@@H](CC(=O)[C@H](Cc3ccccc3)NC(=O)CCCCCCCCC(=O)C[C@H](CC(=O)CC[C@H](NC(=O)NCCCC(=O)O)C(=O)O)C(=O)O)Cc3ccccc3)C(=O)O)cc2)N(CCCCS(=O)(=O)[O-])c2ccccc21.O=C=O.O=S(=O)=O.O=S(=O)=O. The number of amides is 4. The molecule has 3 aliphatic rings. The zero-order valence-corrected chi connectivity index (χ0v) is 75.9. The lowest BCUT2D eigenvalue weighted by atomic mass is 9.81. The normalized spacial score (nSPS) is 15.3. The Balaban J connectivity index is 0.00000257. The van der Waals surface area contributed by atoms with Gasteiger partial charge in [0, 0.05) is 117 Å². The molecule has 8 rings (SSSR count). The number of hydrogen-bond donors (Lipinski definition) is 9. The molecule has 5 atom stereocenters. The Hall–Kier alpha value is -12.1. The van der Waals surface area contributed by atoms with Gasteiger partial charge >= 0.3 is 57.3 Å². The second kappa shape index (κ2) is 54.4. The topological polar surface area (TPSA) is 563 Å². The summed E-state index contributed by atoms with van der Waals surface area (Å²) in [6.07, 6.45) is 13.5. The molecule has 2 aliphatic heterocycles. The summed E-state index contributed by atoms with van der Waals surface area (Å²) in [4.78, 5) is 147. The molecule has 0 saturated heterocycles. The van der Waals surface area contributed by atoms with E-state index >= 15 is 0 Å². The van der Waals surface area contributed by atoms with Crippen molar-refractivity contribution in [1.82, 2.24) is 21.3 Å². The standard InChI is InChI=1S/C90H112N6O21S2.CO2.2O3S/c1-89(2)71-34-17-19-36-76(71)95(51-21-23-53-118(111,112)113)79(89)48-42-64-31-25-32-65(43-49-80-90(3,4)72-35-18-20-37-77(72)96(80)52-22-24-54-119(114,115)116)83(64)117-70-45-40-63(41-46-70)57-75(87(108)109)93-84(103)66(55-61-27-11-9-12-28-61)60-78(99)74(56-62-29-13-10-14-30-62)92-81(100)38-16-8-6-5-7-15-33-68(97)58-67(85(104)105)59-69(98)44-47-73(86(106)107)94-88(110)91-50-26-39-82(101)102;2-1-3;2*1-4(2)3/h9-14,17-20,27-30,34-37,40-43,45-46,48-49,66-67,73-75H,5-8,15-16,21-26,31-33,38-39,44,47,50-60H2,1-4H3,(H9-,91,92,93,94,100,101,102,103,104,105,106,107,108,109,110,111,112,113,114,115,116);;;/t66-,67-,73+,74+,75+;;;/m1.../s1. The van der Waals surface area contributed by atoms with E-state index in [1.165, 1.54) is 0 Å². The van der Waals surface area contributed by atoms with Crippen molar-refractivity contribution in [2.45, 2.75) is 217 Å². The number of rotatable bonds is 51. The monoisotopic (exact) mass is 1880 g/mol. The number of fused-ring (bicyclic) bond motifs is 2. The maximum absolute atomic E-state index is 14.7. The summed E-state index contributed by atoms with van der Waals surface area (Å²) in [6, 6.07) is 36.2. The smallest absolute Gasteiger partial charge is 0.425 e. The summed E-state index contributed by atoms with van der Waals surface area (Å²) >= 11 is 0. The van der Waals surface area contributed by atoms with E-state index < -0.39 is 154 Å². The van der Waals surface area contributed by atoms with Crippen LogP contribution in [0, 0.1) is 11.8 Å². The largest absolute Gasteiger partial charge is 0.748 e. The van der Waals surface area contributed by atoms with Gasteiger partial charge in [-0.05, 0) is 155 Å². The van der Waals surface area contributed by atoms with Gasteiger partial charge in [-0.25, -0.2) is 22.8 Å². The average molecular weight is 1880 g/mol. The van der Waals surface area contributed by atoms with Crippen LogP contribution in [0.5, 0.6) is 5.75 Å². The number of ketones is 3. The number of nitrogens with one attached hydrogen (secondary N) is 4. The summed E-state index contributed by atoms with van der Waals surface area (Å²) in [5.41, 5.74) is 8.85. The second-order valence-electron chi connectivity index (χ2n) is 32.4. The number of carboxylic acid groups (broad SMARTS) is 4. The van der Waals surface area contributed by atoms with E-state index in [9.17, 15) is 89.2 Å². The van der Waals surface area contributed by atoms with Gasteiger partial charge in [-0.15, -0.1) is 25.3 Å². The number of allylic oxidation sites excluding steroid dienone is 7. The van der Waals surface area contributed by atoms with Crippen molar-refractivity contribution < 1.29 is 138 Å². The van der Waals surface area contributed by atoms with Gasteiger partial charge in [0.15, 0.2) is 11.5 Å². The van der Waals surface area contributed by atoms with E-state index in [0.717, 1.165) is 57.0 Å². The molecule has 1 aliphatic carbocycles. The van der Waals surface area contributed by atoms with Gasteiger partial charge in [-0.2, -0.15) is 22.6 Å². The number of nitrogens with zero attached hydrogens (tertiary/aromatic N) is 2. The van der Waals surface area contributed by atoms with Crippen molar-refractivity contribution in [3.8, 4) is 5.75 Å². The van der Waals surface area contributed by atoms with Crippen LogP contribution in [0.3, 0.4) is 0 Å². The molecular formula is C91H112N6O29S4. The van der Waals surface area contributed by atoms with Crippen molar-refractivity contribution in [3.05, 3.63) is 208 Å². The van der Waals surface area contributed by atoms with E-state index in [1.54, 1.807) is 60.7 Å². The predicted molar refractivity (Wildman–Crippen MR) is 473 cm³/mol. The third kappa shape index (κ3) is 38.7. The van der Waals surface area contributed by atoms with Gasteiger partial charge in [0.25, 0.3) is 10.1 Å². The minimum atomic E-state index is -4.41. The Morgan fingerprint density at radius 2 is 1.08 bits per heavy atom. The third-order valence-corrected chi connectivity index (χ3v) is 23.5. The number of aliphatic carboxylic acids is 4. The first kappa shape index (κ1) is 108. The Bertz CT molecular complexity index is 5420. The lowest BCUT2D eigenvalue weighted by molar-refractivity contribution is -0.438. The number of benzene rings is 5. The third-order valence-electron chi connectivity index (χ3n) is 21.9. The van der Waals surface area contributed by atoms with Gasteiger partial charge in [-0.3, -0.25) is 38.1 Å². The molecule has 5 aromatic rings. The van der Waals surface area contributed by atoms with Crippen LogP contribution in [-0.4, -0.2) is 196 Å². The predicted octanol–water partition coefficient (Wildman–Crippen LogP) is 9.94. The average Bonchev–Trinajstić information content (AvgIpc) is 1.60. The molecule has 0 aromatic heterocycles. The van der Waals surface area contributed by atoms with Crippen LogP contribution in [0.4, 0.5) is 16.2 Å². The van der Waals surface area contributed by atoms with Crippen LogP contribution in [0.1, 0.15) is 197 Å². The lowest BCUT2D eigenvalue weighted by Crippen LogP contribution is -2.47. The first-order valence-electron chi connectivity index (χ1n) is 42.3. The molecule has 39 heteroatoms. The molecule has 5 aromatic carbocycles. The number of carboxylic acids is 4. The highest BCUT2D eigenvalue weighted by Gasteiger charge is 2.45. The lowest BCUT2D eigenvalue weighted by Gasteiger charge is -2.28. The quantitative estimate of drug-likeness (QED) is 0.00992. The number of carbonyl (C=O) groups is 10. The fraction of sp³-hybridized carbons (Fsp3) is 0.451. The van der Waals surface area contributed by atoms with Crippen molar-refractivity contribution in [1.29, 1.82) is 0 Å². The summed E-state index contributed by atoms with van der Waals surface area (Å²) < 4.78 is 128. The number of unbranched alkanes of at least 4 members (excludes halogenated alkanes) is 7. The number of para-hydroxylation sites is 2. The zero-order chi connectivity index (χ0) is 96.3. The fourth-order valence-electron chi connectivity index (χ4n) is 15.5. The van der Waals surface area contributed by atoms with E-state index in [0.29, 0.717) is 99.9 Å². The molecule has 130 heavy (non-hydrogen) atoms. The number of carbonyl (C=O) groups excluding carboxylic acids is 8. The Morgan fingerprint density at radius 3 is 1.67 bits per heavy atom. The Kier molecular flexibility index (Phi) is 45.3. The number of hydrogen-bond acceptors (Lipinski definition) is 25. The Morgan fingerprint density at radius 1 is 0.546 bits per heavy atom. The molecule has 9 N–H and O–H groups in total. The summed E-state index contributed by atoms with van der Waals surface area (Å²) in [5.74, 6) is -9.88. The molecule has 0 saturated carbocycles.